The van der Waals surface area contributed by atoms with Crippen LogP contribution < -0.4 is 0 Å². The van der Waals surface area contributed by atoms with Gasteiger partial charge in [0.25, 0.3) is 0 Å². The van der Waals surface area contributed by atoms with Gasteiger partial charge < -0.3 is 0 Å². The van der Waals surface area contributed by atoms with Crippen LogP contribution in [-0.2, 0) is 12.8 Å². The van der Waals surface area contributed by atoms with Gasteiger partial charge >= 0.3 is 0 Å². The van der Waals surface area contributed by atoms with E-state index in [0.717, 1.165) is 12.8 Å². The molecule has 0 atom stereocenters. The highest BCUT2D eigenvalue weighted by atomic mass is 79.9. The number of aryl methyl sites for hydroxylation is 2. The molecule has 1 heteroatoms. The van der Waals surface area contributed by atoms with Gasteiger partial charge in [-0.3, -0.25) is 0 Å². The van der Waals surface area contributed by atoms with Crippen LogP contribution in [0.3, 0.4) is 0 Å². The Kier molecular flexibility index (Phi) is 3.13. The van der Waals surface area contributed by atoms with E-state index in [1.165, 1.54) is 15.6 Å². The van der Waals surface area contributed by atoms with Crippen LogP contribution in [0.15, 0.2) is 22.7 Å². The van der Waals surface area contributed by atoms with E-state index in [9.17, 15) is 0 Å². The lowest BCUT2D eigenvalue weighted by Crippen LogP contribution is -1.85. The van der Waals surface area contributed by atoms with E-state index in [0.29, 0.717) is 0 Å². The number of hydrogen-bond donors (Lipinski definition) is 0. The molecule has 0 aliphatic rings. The Morgan fingerprint density at radius 3 is 1.82 bits per heavy atom. The minimum atomic E-state index is 1.12. The number of halogens is 1. The van der Waals surface area contributed by atoms with E-state index in [2.05, 4.69) is 48.0 Å². The molecular weight excluding hydrogens is 200 g/mol. The first-order valence-electron chi connectivity index (χ1n) is 4.04. The van der Waals surface area contributed by atoms with Gasteiger partial charge in [0, 0.05) is 4.47 Å². The van der Waals surface area contributed by atoms with E-state index in [-0.39, 0.29) is 0 Å². The van der Waals surface area contributed by atoms with Crippen molar-refractivity contribution in [3.63, 3.8) is 0 Å². The van der Waals surface area contributed by atoms with Crippen molar-refractivity contribution >= 4 is 15.9 Å². The van der Waals surface area contributed by atoms with Crippen LogP contribution in [0.1, 0.15) is 25.0 Å². The Labute approximate surface area is 76.8 Å². The van der Waals surface area contributed by atoms with Gasteiger partial charge in [0.15, 0.2) is 0 Å². The molecule has 0 bridgehead atoms. The van der Waals surface area contributed by atoms with Gasteiger partial charge in [-0.25, -0.2) is 0 Å². The molecule has 11 heavy (non-hydrogen) atoms. The molecule has 60 valence electrons. The van der Waals surface area contributed by atoms with E-state index in [1.54, 1.807) is 0 Å². The van der Waals surface area contributed by atoms with Crippen LogP contribution in [0.25, 0.3) is 0 Å². The number of hydrogen-bond acceptors (Lipinski definition) is 0. The molecule has 0 aromatic heterocycles. The molecule has 1 rings (SSSR count). The van der Waals surface area contributed by atoms with E-state index < -0.39 is 0 Å². The van der Waals surface area contributed by atoms with E-state index >= 15 is 0 Å². The van der Waals surface area contributed by atoms with Gasteiger partial charge in [-0.05, 0) is 36.1 Å². The number of benzene rings is 1. The van der Waals surface area contributed by atoms with Crippen LogP contribution in [0.2, 0.25) is 0 Å². The molecule has 0 heterocycles. The summed E-state index contributed by atoms with van der Waals surface area (Å²) < 4.78 is 1.20. The topological polar surface area (TPSA) is 0 Å². The maximum atomic E-state index is 3.49. The molecule has 0 saturated carbocycles. The fraction of sp³-hybridized carbons (Fsp3) is 0.400. The van der Waals surface area contributed by atoms with E-state index in [1.807, 2.05) is 0 Å². The molecule has 0 fully saturated rings. The van der Waals surface area contributed by atoms with Crippen molar-refractivity contribution in [2.45, 2.75) is 26.7 Å². The van der Waals surface area contributed by atoms with Gasteiger partial charge in [0.05, 0.1) is 0 Å². The highest BCUT2D eigenvalue weighted by Gasteiger charge is 1.95. The molecule has 0 aliphatic carbocycles. The third-order valence-electron chi connectivity index (χ3n) is 1.83. The first kappa shape index (κ1) is 8.79. The summed E-state index contributed by atoms with van der Waals surface area (Å²) in [6.07, 6.45) is 2.24. The molecule has 1 aromatic rings. The van der Waals surface area contributed by atoms with Crippen molar-refractivity contribution in [2.24, 2.45) is 0 Å². The van der Waals surface area contributed by atoms with Crippen molar-refractivity contribution in [3.8, 4) is 0 Å². The molecule has 0 unspecified atom stereocenters. The van der Waals surface area contributed by atoms with Crippen LogP contribution in [-0.4, -0.2) is 0 Å². The monoisotopic (exact) mass is 212 g/mol. The fourth-order valence-electron chi connectivity index (χ4n) is 1.13. The Hall–Kier alpha value is -0.300. The lowest BCUT2D eigenvalue weighted by atomic mass is 10.1. The Balaban J connectivity index is 3.02. The highest BCUT2D eigenvalue weighted by molar-refractivity contribution is 9.10. The fourth-order valence-corrected chi connectivity index (χ4v) is 1.71. The third kappa shape index (κ3) is 2.33. The largest absolute Gasteiger partial charge is 0.0613 e. The van der Waals surface area contributed by atoms with Crippen molar-refractivity contribution in [1.29, 1.82) is 0 Å². The maximum absolute atomic E-state index is 3.49. The zero-order valence-electron chi connectivity index (χ0n) is 7.02. The standard InChI is InChI=1S/C10H13Br/c1-3-8-5-9(4-2)7-10(11)6-8/h5-7H,3-4H2,1-2H3. The van der Waals surface area contributed by atoms with Crippen LogP contribution in [0.4, 0.5) is 0 Å². The SMILES string of the molecule is CCc1cc(Br)cc(CC)c1. The quantitative estimate of drug-likeness (QED) is 0.704. The van der Waals surface area contributed by atoms with Gasteiger partial charge in [-0.1, -0.05) is 35.8 Å². The van der Waals surface area contributed by atoms with Gasteiger partial charge in [0.1, 0.15) is 0 Å². The van der Waals surface area contributed by atoms with Crippen molar-refractivity contribution in [3.05, 3.63) is 33.8 Å². The van der Waals surface area contributed by atoms with Crippen LogP contribution >= 0.6 is 15.9 Å². The average molecular weight is 213 g/mol. The van der Waals surface area contributed by atoms with Crippen molar-refractivity contribution in [1.82, 2.24) is 0 Å². The smallest absolute Gasteiger partial charge is 0.0180 e. The van der Waals surface area contributed by atoms with Crippen LogP contribution in [0.5, 0.6) is 0 Å². The summed E-state index contributed by atoms with van der Waals surface area (Å²) in [5.41, 5.74) is 2.83. The Bertz CT molecular complexity index is 218. The lowest BCUT2D eigenvalue weighted by molar-refractivity contribution is 1.08. The molecule has 0 N–H and O–H groups in total. The normalized spacial score (nSPS) is 10.1. The minimum Gasteiger partial charge on any atom is -0.0613 e. The first-order valence-corrected chi connectivity index (χ1v) is 4.84. The second-order valence-electron chi connectivity index (χ2n) is 2.67. The predicted octanol–water partition coefficient (Wildman–Crippen LogP) is 3.57. The summed E-state index contributed by atoms with van der Waals surface area (Å²) in [5, 5.41) is 0. The molecule has 0 amide bonds. The van der Waals surface area contributed by atoms with Gasteiger partial charge in [-0.15, -0.1) is 0 Å². The second-order valence-corrected chi connectivity index (χ2v) is 3.59. The van der Waals surface area contributed by atoms with Crippen molar-refractivity contribution in [2.75, 3.05) is 0 Å². The zero-order chi connectivity index (χ0) is 8.27. The first-order chi connectivity index (χ1) is 5.26. The van der Waals surface area contributed by atoms with Crippen molar-refractivity contribution < 1.29 is 0 Å². The summed E-state index contributed by atoms with van der Waals surface area (Å²) in [4.78, 5) is 0. The molecular formula is C10H13Br. The van der Waals surface area contributed by atoms with Gasteiger partial charge in [-0.2, -0.15) is 0 Å². The molecule has 0 saturated heterocycles. The highest BCUT2D eigenvalue weighted by Crippen LogP contribution is 2.16. The molecule has 0 aliphatic heterocycles. The summed E-state index contributed by atoms with van der Waals surface area (Å²) >= 11 is 3.49. The van der Waals surface area contributed by atoms with E-state index in [4.69, 9.17) is 0 Å². The van der Waals surface area contributed by atoms with Crippen LogP contribution in [0, 0.1) is 0 Å². The predicted molar refractivity (Wildman–Crippen MR) is 52.9 cm³/mol. The second kappa shape index (κ2) is 3.91. The third-order valence-corrected chi connectivity index (χ3v) is 2.29. The summed E-state index contributed by atoms with van der Waals surface area (Å²) in [7, 11) is 0. The molecule has 0 nitrogen and oxygen atoms in total. The Morgan fingerprint density at radius 1 is 1.00 bits per heavy atom. The molecule has 1 aromatic carbocycles. The average Bonchev–Trinajstić information content (AvgIpc) is 2.03. The summed E-state index contributed by atoms with van der Waals surface area (Å²) in [5.74, 6) is 0. The van der Waals surface area contributed by atoms with Gasteiger partial charge in [0.2, 0.25) is 0 Å². The zero-order valence-corrected chi connectivity index (χ0v) is 8.61. The molecule has 0 radical (unpaired) electrons. The maximum Gasteiger partial charge on any atom is 0.0180 e. The minimum absolute atomic E-state index is 1.12. The lowest BCUT2D eigenvalue weighted by Gasteiger charge is -2.01. The summed E-state index contributed by atoms with van der Waals surface area (Å²) in [6, 6.07) is 6.63. The summed E-state index contributed by atoms with van der Waals surface area (Å²) in [6.45, 7) is 4.36. The molecule has 0 spiro atoms. The Morgan fingerprint density at radius 2 is 1.45 bits per heavy atom. The number of rotatable bonds is 2.